The fourth-order valence-electron chi connectivity index (χ4n) is 1.29. The van der Waals surface area contributed by atoms with Crippen LogP contribution in [0.2, 0.25) is 0 Å². The number of ketones is 1. The summed E-state index contributed by atoms with van der Waals surface area (Å²) in [4.78, 5) is 11.7. The Labute approximate surface area is 90.3 Å². The highest BCUT2D eigenvalue weighted by molar-refractivity contribution is 6.00. The second-order valence-electron chi connectivity index (χ2n) is 3.23. The van der Waals surface area contributed by atoms with Crippen LogP contribution in [-0.2, 0) is 0 Å². The first kappa shape index (κ1) is 11.3. The molecule has 0 atom stereocenters. The third-order valence-electron chi connectivity index (χ3n) is 2.08. The largest absolute Gasteiger partial charge is 0.496 e. The minimum atomic E-state index is 0.00111. The van der Waals surface area contributed by atoms with Gasteiger partial charge in [-0.05, 0) is 31.5 Å². The van der Waals surface area contributed by atoms with E-state index in [0.29, 0.717) is 11.3 Å². The molecule has 0 amide bonds. The number of rotatable bonds is 3. The Hall–Kier alpha value is -1.75. The highest BCUT2D eigenvalue weighted by atomic mass is 16.5. The van der Waals surface area contributed by atoms with Crippen molar-refractivity contribution in [1.29, 1.82) is 0 Å². The predicted octanol–water partition coefficient (Wildman–Crippen LogP) is 2.60. The van der Waals surface area contributed by atoms with Crippen LogP contribution in [0.4, 0.5) is 0 Å². The monoisotopic (exact) mass is 202 g/mol. The number of hydrogen-bond acceptors (Lipinski definition) is 2. The molecule has 0 fully saturated rings. The second-order valence-corrected chi connectivity index (χ2v) is 3.23. The van der Waals surface area contributed by atoms with Crippen LogP contribution in [0.25, 0.3) is 0 Å². The highest BCUT2D eigenvalue weighted by Crippen LogP contribution is 2.21. The molecule has 1 aromatic rings. The van der Waals surface area contributed by atoms with Gasteiger partial charge in [0.1, 0.15) is 5.75 Å². The fourth-order valence-corrected chi connectivity index (χ4v) is 1.29. The molecule has 0 aliphatic heterocycles. The maximum absolute atomic E-state index is 11.7. The molecule has 0 heterocycles. The first-order valence-corrected chi connectivity index (χ1v) is 4.76. The summed E-state index contributed by atoms with van der Waals surface area (Å²) in [5, 5.41) is 0. The van der Waals surface area contributed by atoms with Gasteiger partial charge in [-0.3, -0.25) is 4.79 Å². The molecule has 0 bridgehead atoms. The standard InChI is InChI=1S/C13H14O2/c1-4-5-6-12(14)11-8-7-10(2)9-13(11)15-3/h7-9H,6H2,1-3H3. The second kappa shape index (κ2) is 5.21. The molecule has 0 saturated heterocycles. The van der Waals surface area contributed by atoms with E-state index in [-0.39, 0.29) is 12.2 Å². The first-order chi connectivity index (χ1) is 7.19. The van der Waals surface area contributed by atoms with Gasteiger partial charge in [-0.1, -0.05) is 12.0 Å². The van der Waals surface area contributed by atoms with Gasteiger partial charge in [0.15, 0.2) is 5.78 Å². The van der Waals surface area contributed by atoms with E-state index >= 15 is 0 Å². The highest BCUT2D eigenvalue weighted by Gasteiger charge is 2.10. The minimum absolute atomic E-state index is 0.00111. The molecular weight excluding hydrogens is 188 g/mol. The SMILES string of the molecule is CC#CCC(=O)c1ccc(C)cc1OC. The lowest BCUT2D eigenvalue weighted by Crippen LogP contribution is -2.01. The zero-order chi connectivity index (χ0) is 11.3. The van der Waals surface area contributed by atoms with E-state index in [2.05, 4.69) is 11.8 Å². The average Bonchev–Trinajstić information content (AvgIpc) is 2.25. The molecule has 1 aromatic carbocycles. The lowest BCUT2D eigenvalue weighted by Gasteiger charge is -2.06. The number of Topliss-reactive ketones (excluding diaryl/α,β-unsaturated/α-hetero) is 1. The van der Waals surface area contributed by atoms with E-state index in [1.54, 1.807) is 20.1 Å². The van der Waals surface area contributed by atoms with Gasteiger partial charge in [0.2, 0.25) is 0 Å². The summed E-state index contributed by atoms with van der Waals surface area (Å²) < 4.78 is 5.16. The molecule has 2 heteroatoms. The molecule has 2 nitrogen and oxygen atoms in total. The molecule has 0 radical (unpaired) electrons. The Kier molecular flexibility index (Phi) is 3.93. The minimum Gasteiger partial charge on any atom is -0.496 e. The third kappa shape index (κ3) is 2.85. The Morgan fingerprint density at radius 2 is 2.20 bits per heavy atom. The molecule has 15 heavy (non-hydrogen) atoms. The van der Waals surface area contributed by atoms with E-state index in [9.17, 15) is 4.79 Å². The van der Waals surface area contributed by atoms with Crippen LogP contribution in [-0.4, -0.2) is 12.9 Å². The van der Waals surface area contributed by atoms with Crippen LogP contribution in [0.5, 0.6) is 5.75 Å². The number of benzene rings is 1. The van der Waals surface area contributed by atoms with Crippen molar-refractivity contribution in [2.24, 2.45) is 0 Å². The summed E-state index contributed by atoms with van der Waals surface area (Å²) in [6.45, 7) is 3.68. The molecule has 0 unspecified atom stereocenters. The molecule has 0 N–H and O–H groups in total. The topological polar surface area (TPSA) is 26.3 Å². The maximum Gasteiger partial charge on any atom is 0.178 e. The van der Waals surface area contributed by atoms with Gasteiger partial charge in [-0.25, -0.2) is 0 Å². The summed E-state index contributed by atoms with van der Waals surface area (Å²) in [6.07, 6.45) is 0.246. The number of carbonyl (C=O) groups is 1. The van der Waals surface area contributed by atoms with Crippen molar-refractivity contribution < 1.29 is 9.53 Å². The van der Waals surface area contributed by atoms with Crippen molar-refractivity contribution in [2.75, 3.05) is 7.11 Å². The molecule has 0 aliphatic carbocycles. The van der Waals surface area contributed by atoms with Crippen molar-refractivity contribution in [3.8, 4) is 17.6 Å². The van der Waals surface area contributed by atoms with Crippen LogP contribution in [0.1, 0.15) is 29.3 Å². The number of aryl methyl sites for hydroxylation is 1. The maximum atomic E-state index is 11.7. The van der Waals surface area contributed by atoms with Gasteiger partial charge < -0.3 is 4.74 Å². The number of hydrogen-bond donors (Lipinski definition) is 0. The molecule has 0 saturated carbocycles. The van der Waals surface area contributed by atoms with E-state index < -0.39 is 0 Å². The molecule has 0 aromatic heterocycles. The van der Waals surface area contributed by atoms with Gasteiger partial charge in [-0.15, -0.1) is 5.92 Å². The van der Waals surface area contributed by atoms with E-state index in [1.165, 1.54) is 0 Å². The fraction of sp³-hybridized carbons (Fsp3) is 0.308. The van der Waals surface area contributed by atoms with Crippen LogP contribution in [0, 0.1) is 18.8 Å². The molecule has 1 rings (SSSR count). The van der Waals surface area contributed by atoms with E-state index in [1.807, 2.05) is 19.1 Å². The van der Waals surface area contributed by atoms with Gasteiger partial charge >= 0.3 is 0 Å². The van der Waals surface area contributed by atoms with Gasteiger partial charge in [0, 0.05) is 0 Å². The number of ether oxygens (including phenoxy) is 1. The predicted molar refractivity (Wildman–Crippen MR) is 60.1 cm³/mol. The van der Waals surface area contributed by atoms with E-state index in [0.717, 1.165) is 5.56 Å². The summed E-state index contributed by atoms with van der Waals surface area (Å²) in [7, 11) is 1.57. The number of carbonyl (C=O) groups excluding carboxylic acids is 1. The third-order valence-corrected chi connectivity index (χ3v) is 2.08. The van der Waals surface area contributed by atoms with E-state index in [4.69, 9.17) is 4.74 Å². The van der Waals surface area contributed by atoms with Crippen LogP contribution in [0.15, 0.2) is 18.2 Å². The van der Waals surface area contributed by atoms with Crippen molar-refractivity contribution in [3.05, 3.63) is 29.3 Å². The summed E-state index contributed by atoms with van der Waals surface area (Å²) in [5.41, 5.74) is 1.68. The Morgan fingerprint density at radius 1 is 1.47 bits per heavy atom. The molecule has 0 spiro atoms. The summed E-state index contributed by atoms with van der Waals surface area (Å²) >= 11 is 0. The average molecular weight is 202 g/mol. The van der Waals surface area contributed by atoms with Crippen molar-refractivity contribution in [3.63, 3.8) is 0 Å². The zero-order valence-corrected chi connectivity index (χ0v) is 9.26. The summed E-state index contributed by atoms with van der Waals surface area (Å²) in [6, 6.07) is 5.54. The molecule has 0 aliphatic rings. The lowest BCUT2D eigenvalue weighted by atomic mass is 10.1. The van der Waals surface area contributed by atoms with Gasteiger partial charge in [0.25, 0.3) is 0 Å². The zero-order valence-electron chi connectivity index (χ0n) is 9.26. The normalized spacial score (nSPS) is 9.00. The number of methoxy groups -OCH3 is 1. The summed E-state index contributed by atoms with van der Waals surface area (Å²) in [5.74, 6) is 6.09. The van der Waals surface area contributed by atoms with Gasteiger partial charge in [0.05, 0.1) is 19.1 Å². The van der Waals surface area contributed by atoms with Crippen molar-refractivity contribution in [2.45, 2.75) is 20.3 Å². The smallest absolute Gasteiger partial charge is 0.178 e. The molecule has 78 valence electrons. The molecular formula is C13H14O2. The first-order valence-electron chi connectivity index (χ1n) is 4.76. The Bertz CT molecular complexity index is 422. The van der Waals surface area contributed by atoms with Crippen LogP contribution in [0.3, 0.4) is 0 Å². The Balaban J connectivity index is 3.01. The van der Waals surface area contributed by atoms with Crippen molar-refractivity contribution in [1.82, 2.24) is 0 Å². The van der Waals surface area contributed by atoms with Crippen LogP contribution >= 0.6 is 0 Å². The Morgan fingerprint density at radius 3 is 2.80 bits per heavy atom. The van der Waals surface area contributed by atoms with Crippen molar-refractivity contribution >= 4 is 5.78 Å². The lowest BCUT2D eigenvalue weighted by molar-refractivity contribution is 0.0995. The van der Waals surface area contributed by atoms with Crippen LogP contribution < -0.4 is 4.74 Å². The quantitative estimate of drug-likeness (QED) is 0.556. The van der Waals surface area contributed by atoms with Gasteiger partial charge in [-0.2, -0.15) is 0 Å².